The molecule has 1 amide bonds. The van der Waals surface area contributed by atoms with Crippen LogP contribution in [0.15, 0.2) is 42.6 Å². The molecule has 0 saturated carbocycles. The average Bonchev–Trinajstić information content (AvgIpc) is 2.96. The van der Waals surface area contributed by atoms with Crippen molar-refractivity contribution in [1.82, 2.24) is 9.88 Å². The van der Waals surface area contributed by atoms with Gasteiger partial charge in [0.1, 0.15) is 0 Å². The molecule has 0 bridgehead atoms. The molecule has 1 atom stereocenters. The molecule has 3 aromatic rings. The van der Waals surface area contributed by atoms with E-state index in [1.54, 1.807) is 19.1 Å². The quantitative estimate of drug-likeness (QED) is 0.715. The first kappa shape index (κ1) is 16.7. The minimum Gasteiger partial charge on any atom is -0.478 e. The smallest absolute Gasteiger partial charge is 0.337 e. The number of hydrogen-bond donors (Lipinski definition) is 2. The van der Waals surface area contributed by atoms with E-state index in [-0.39, 0.29) is 17.5 Å². The molecular weight excluding hydrogens is 352 g/mol. The Kier molecular flexibility index (Phi) is 3.96. The van der Waals surface area contributed by atoms with Gasteiger partial charge in [0.05, 0.1) is 16.6 Å². The summed E-state index contributed by atoms with van der Waals surface area (Å²) >= 11 is 6.41. The summed E-state index contributed by atoms with van der Waals surface area (Å²) < 4.78 is 0. The van der Waals surface area contributed by atoms with Crippen LogP contribution in [0.1, 0.15) is 35.3 Å². The first-order valence-electron chi connectivity index (χ1n) is 8.37. The fourth-order valence-electron chi connectivity index (χ4n) is 3.54. The van der Waals surface area contributed by atoms with Gasteiger partial charge >= 0.3 is 5.97 Å². The molecule has 26 heavy (non-hydrogen) atoms. The second-order valence-electron chi connectivity index (χ2n) is 6.52. The SMILES string of the molecule is CC(=O)N1CC[C@H]1c1ccc(-c2cc3c(C(=O)O)c[nH]c3cc2Cl)cc1. The van der Waals surface area contributed by atoms with Gasteiger partial charge in [0, 0.05) is 36.1 Å². The molecule has 0 spiro atoms. The molecule has 0 unspecified atom stereocenters. The number of amides is 1. The lowest BCUT2D eigenvalue weighted by molar-refractivity contribution is -0.136. The Bertz CT molecular complexity index is 1020. The van der Waals surface area contributed by atoms with Crippen molar-refractivity contribution in [3.63, 3.8) is 0 Å². The van der Waals surface area contributed by atoms with Gasteiger partial charge in [-0.15, -0.1) is 0 Å². The van der Waals surface area contributed by atoms with Gasteiger partial charge in [-0.2, -0.15) is 0 Å². The third kappa shape index (κ3) is 2.65. The second kappa shape index (κ2) is 6.18. The molecule has 132 valence electrons. The van der Waals surface area contributed by atoms with Crippen LogP contribution >= 0.6 is 11.6 Å². The number of fused-ring (bicyclic) bond motifs is 1. The Balaban J connectivity index is 1.71. The summed E-state index contributed by atoms with van der Waals surface area (Å²) in [6, 6.07) is 11.6. The molecule has 1 aromatic heterocycles. The van der Waals surface area contributed by atoms with Crippen molar-refractivity contribution >= 4 is 34.4 Å². The van der Waals surface area contributed by atoms with E-state index in [9.17, 15) is 14.7 Å². The lowest BCUT2D eigenvalue weighted by atomic mass is 9.92. The number of halogens is 1. The number of carbonyl (C=O) groups excluding carboxylic acids is 1. The zero-order valence-corrected chi connectivity index (χ0v) is 14.9. The van der Waals surface area contributed by atoms with E-state index in [1.807, 2.05) is 29.2 Å². The van der Waals surface area contributed by atoms with Gasteiger partial charge in [0.25, 0.3) is 0 Å². The van der Waals surface area contributed by atoms with E-state index >= 15 is 0 Å². The lowest BCUT2D eigenvalue weighted by Gasteiger charge is -2.40. The van der Waals surface area contributed by atoms with Crippen molar-refractivity contribution in [3.05, 3.63) is 58.7 Å². The van der Waals surface area contributed by atoms with Gasteiger partial charge in [-0.3, -0.25) is 4.79 Å². The van der Waals surface area contributed by atoms with E-state index in [0.717, 1.165) is 29.7 Å². The monoisotopic (exact) mass is 368 g/mol. The molecule has 2 heterocycles. The highest BCUT2D eigenvalue weighted by Gasteiger charge is 2.31. The number of aromatic carboxylic acids is 1. The van der Waals surface area contributed by atoms with Crippen molar-refractivity contribution in [2.75, 3.05) is 6.54 Å². The van der Waals surface area contributed by atoms with Gasteiger partial charge in [-0.05, 0) is 29.7 Å². The van der Waals surface area contributed by atoms with Crippen LogP contribution in [0, 0.1) is 0 Å². The molecule has 5 nitrogen and oxygen atoms in total. The maximum absolute atomic E-state index is 11.6. The second-order valence-corrected chi connectivity index (χ2v) is 6.93. The standard InChI is InChI=1S/C20H17ClN2O3/c1-11(24)23-7-6-19(23)13-4-2-12(3-5-13)14-8-15-16(20(25)26)10-22-18(15)9-17(14)21/h2-5,8-10,19,22H,6-7H2,1H3,(H,25,26)/t19-/m0/s1. The highest BCUT2D eigenvalue weighted by Crippen LogP contribution is 2.37. The van der Waals surface area contributed by atoms with Crippen LogP contribution in [0.2, 0.25) is 5.02 Å². The highest BCUT2D eigenvalue weighted by atomic mass is 35.5. The van der Waals surface area contributed by atoms with Gasteiger partial charge < -0.3 is 15.0 Å². The summed E-state index contributed by atoms with van der Waals surface area (Å²) in [4.78, 5) is 27.7. The number of likely N-dealkylation sites (tertiary alicyclic amines) is 1. The Morgan fingerprint density at radius 3 is 2.54 bits per heavy atom. The van der Waals surface area contributed by atoms with Gasteiger partial charge in [-0.25, -0.2) is 4.79 Å². The molecule has 1 aliphatic rings. The third-order valence-corrected chi connectivity index (χ3v) is 5.34. The number of benzene rings is 2. The Morgan fingerprint density at radius 2 is 1.96 bits per heavy atom. The summed E-state index contributed by atoms with van der Waals surface area (Å²) in [7, 11) is 0. The highest BCUT2D eigenvalue weighted by molar-refractivity contribution is 6.34. The first-order chi connectivity index (χ1) is 12.5. The van der Waals surface area contributed by atoms with E-state index in [0.29, 0.717) is 15.9 Å². The summed E-state index contributed by atoms with van der Waals surface area (Å²) in [5.74, 6) is -0.887. The van der Waals surface area contributed by atoms with Crippen molar-refractivity contribution in [3.8, 4) is 11.1 Å². The largest absolute Gasteiger partial charge is 0.478 e. The zero-order chi connectivity index (χ0) is 18.4. The molecule has 1 aliphatic heterocycles. The van der Waals surface area contributed by atoms with E-state index in [4.69, 9.17) is 11.6 Å². The minimum atomic E-state index is -0.978. The summed E-state index contributed by atoms with van der Waals surface area (Å²) in [5.41, 5.74) is 3.71. The lowest BCUT2D eigenvalue weighted by Crippen LogP contribution is -2.43. The van der Waals surface area contributed by atoms with E-state index in [2.05, 4.69) is 4.98 Å². The van der Waals surface area contributed by atoms with Crippen LogP contribution in [0.4, 0.5) is 0 Å². The number of nitrogens with zero attached hydrogens (tertiary/aromatic N) is 1. The Labute approximate surface area is 155 Å². The molecule has 0 radical (unpaired) electrons. The van der Waals surface area contributed by atoms with Crippen molar-refractivity contribution < 1.29 is 14.7 Å². The van der Waals surface area contributed by atoms with Crippen LogP contribution in [0.25, 0.3) is 22.0 Å². The number of carbonyl (C=O) groups is 2. The number of hydrogen-bond acceptors (Lipinski definition) is 2. The van der Waals surface area contributed by atoms with E-state index in [1.165, 1.54) is 6.20 Å². The summed E-state index contributed by atoms with van der Waals surface area (Å²) in [6.45, 7) is 2.39. The summed E-state index contributed by atoms with van der Waals surface area (Å²) in [6.07, 6.45) is 2.44. The molecule has 2 N–H and O–H groups in total. The van der Waals surface area contributed by atoms with Gasteiger partial charge in [-0.1, -0.05) is 35.9 Å². The predicted octanol–water partition coefficient (Wildman–Crippen LogP) is 4.48. The first-order valence-corrected chi connectivity index (χ1v) is 8.75. The molecule has 0 aliphatic carbocycles. The van der Waals surface area contributed by atoms with Crippen molar-refractivity contribution in [2.24, 2.45) is 0 Å². The fourth-order valence-corrected chi connectivity index (χ4v) is 3.81. The summed E-state index contributed by atoms with van der Waals surface area (Å²) in [5, 5.41) is 10.5. The molecule has 1 saturated heterocycles. The fraction of sp³-hybridized carbons (Fsp3) is 0.200. The zero-order valence-electron chi connectivity index (χ0n) is 14.1. The average molecular weight is 369 g/mol. The normalized spacial score (nSPS) is 16.5. The van der Waals surface area contributed by atoms with Crippen molar-refractivity contribution in [1.29, 1.82) is 0 Å². The molecule has 2 aromatic carbocycles. The number of nitrogens with one attached hydrogen (secondary N) is 1. The Hall–Kier alpha value is -2.79. The number of aromatic nitrogens is 1. The van der Waals surface area contributed by atoms with Crippen LogP contribution < -0.4 is 0 Å². The molecule has 1 fully saturated rings. The third-order valence-electron chi connectivity index (χ3n) is 5.03. The number of aromatic amines is 1. The van der Waals surface area contributed by atoms with Crippen LogP contribution in [-0.2, 0) is 4.79 Å². The van der Waals surface area contributed by atoms with Gasteiger partial charge in [0.2, 0.25) is 5.91 Å². The molecule has 4 rings (SSSR count). The van der Waals surface area contributed by atoms with Gasteiger partial charge in [0.15, 0.2) is 0 Å². The predicted molar refractivity (Wildman–Crippen MR) is 100 cm³/mol. The van der Waals surface area contributed by atoms with Crippen molar-refractivity contribution in [2.45, 2.75) is 19.4 Å². The molecular formula is C20H17ClN2O3. The number of carboxylic acid groups (broad SMARTS) is 1. The van der Waals surface area contributed by atoms with Crippen LogP contribution in [0.3, 0.4) is 0 Å². The maximum atomic E-state index is 11.6. The minimum absolute atomic E-state index is 0.0903. The van der Waals surface area contributed by atoms with Crippen LogP contribution in [0.5, 0.6) is 0 Å². The topological polar surface area (TPSA) is 73.4 Å². The number of carboxylic acids is 1. The van der Waals surface area contributed by atoms with E-state index < -0.39 is 5.97 Å². The number of H-pyrrole nitrogens is 1. The van der Waals surface area contributed by atoms with Crippen LogP contribution in [-0.4, -0.2) is 33.4 Å². The molecule has 6 heteroatoms. The number of rotatable bonds is 3. The maximum Gasteiger partial charge on any atom is 0.337 e. The Morgan fingerprint density at radius 1 is 1.23 bits per heavy atom.